The van der Waals surface area contributed by atoms with Crippen LogP contribution >= 0.6 is 11.8 Å². The van der Waals surface area contributed by atoms with Crippen LogP contribution in [0, 0.1) is 11.8 Å². The lowest BCUT2D eigenvalue weighted by molar-refractivity contribution is -0.121. The highest BCUT2D eigenvalue weighted by Gasteiger charge is 2.73. The molecular weight excluding hydrogens is 268 g/mol. The van der Waals surface area contributed by atoms with Gasteiger partial charge in [0.05, 0.1) is 8.07 Å². The fraction of sp³-hybridized carbons (Fsp3) is 0.562. The summed E-state index contributed by atoms with van der Waals surface area (Å²) in [4.78, 5) is 13.6. The summed E-state index contributed by atoms with van der Waals surface area (Å²) in [7, 11) is -1.38. The summed E-state index contributed by atoms with van der Waals surface area (Å²) >= 11 is 2.01. The van der Waals surface area contributed by atoms with Crippen molar-refractivity contribution in [1.82, 2.24) is 0 Å². The van der Waals surface area contributed by atoms with Crippen LogP contribution in [0.15, 0.2) is 35.2 Å². The van der Waals surface area contributed by atoms with Gasteiger partial charge in [0.1, 0.15) is 5.78 Å². The van der Waals surface area contributed by atoms with E-state index in [4.69, 9.17) is 0 Å². The Morgan fingerprint density at radius 2 is 1.89 bits per heavy atom. The molecule has 0 radical (unpaired) electrons. The molecule has 0 amide bonds. The van der Waals surface area contributed by atoms with E-state index in [1.165, 1.54) is 11.3 Å². The Balaban J connectivity index is 1.94. The first-order valence-corrected chi connectivity index (χ1v) is 11.6. The van der Waals surface area contributed by atoms with Gasteiger partial charge in [-0.2, -0.15) is 0 Å². The van der Waals surface area contributed by atoms with Crippen LogP contribution in [-0.4, -0.2) is 18.2 Å². The van der Waals surface area contributed by atoms with Gasteiger partial charge in [0.15, 0.2) is 0 Å². The van der Waals surface area contributed by atoms with E-state index in [0.717, 1.165) is 12.8 Å². The summed E-state index contributed by atoms with van der Waals surface area (Å²) in [5, 5.41) is 0. The topological polar surface area (TPSA) is 17.1 Å². The SMILES string of the molecule is C[Si](C)(C)C1(Sc2ccccc2)C2CCCC(=O)C21. The molecule has 0 bridgehead atoms. The van der Waals surface area contributed by atoms with Gasteiger partial charge in [-0.15, -0.1) is 11.8 Å². The maximum atomic E-state index is 12.3. The van der Waals surface area contributed by atoms with Crippen molar-refractivity contribution >= 4 is 25.6 Å². The molecular formula is C16H22OSSi. The summed E-state index contributed by atoms with van der Waals surface area (Å²) in [5.41, 5.74) is 0. The van der Waals surface area contributed by atoms with Crippen molar-refractivity contribution in [2.75, 3.05) is 0 Å². The Morgan fingerprint density at radius 3 is 2.47 bits per heavy atom. The van der Waals surface area contributed by atoms with Gasteiger partial charge in [0, 0.05) is 21.6 Å². The number of thioether (sulfide) groups is 1. The maximum absolute atomic E-state index is 12.3. The number of benzene rings is 1. The first-order chi connectivity index (χ1) is 8.97. The predicted molar refractivity (Wildman–Crippen MR) is 84.2 cm³/mol. The summed E-state index contributed by atoms with van der Waals surface area (Å²) < 4.78 is 0.266. The molecule has 3 rings (SSSR count). The lowest BCUT2D eigenvalue weighted by Gasteiger charge is -2.30. The molecule has 1 aromatic carbocycles. The Bertz CT molecular complexity index is 493. The Labute approximate surface area is 121 Å². The molecule has 0 aliphatic heterocycles. The number of hydrogen-bond donors (Lipinski definition) is 0. The van der Waals surface area contributed by atoms with E-state index in [0.29, 0.717) is 17.6 Å². The smallest absolute Gasteiger partial charge is 0.137 e. The van der Waals surface area contributed by atoms with Crippen LogP contribution in [-0.2, 0) is 4.79 Å². The third-order valence-electron chi connectivity index (χ3n) is 4.79. The van der Waals surface area contributed by atoms with Gasteiger partial charge in [-0.05, 0) is 30.9 Å². The molecule has 19 heavy (non-hydrogen) atoms. The quantitative estimate of drug-likeness (QED) is 0.768. The number of Topliss-reactive ketones (excluding diaryl/α,β-unsaturated/α-hetero) is 1. The van der Waals surface area contributed by atoms with Crippen molar-refractivity contribution in [2.24, 2.45) is 11.8 Å². The van der Waals surface area contributed by atoms with E-state index in [2.05, 4.69) is 50.0 Å². The third kappa shape index (κ3) is 2.02. The highest BCUT2D eigenvalue weighted by Crippen LogP contribution is 2.69. The summed E-state index contributed by atoms with van der Waals surface area (Å²) in [6.45, 7) is 7.32. The van der Waals surface area contributed by atoms with E-state index < -0.39 is 8.07 Å². The number of fused-ring (bicyclic) bond motifs is 1. The van der Waals surface area contributed by atoms with E-state index >= 15 is 0 Å². The molecule has 0 saturated heterocycles. The summed E-state index contributed by atoms with van der Waals surface area (Å²) in [6, 6.07) is 10.7. The van der Waals surface area contributed by atoms with E-state index in [1.807, 2.05) is 11.8 Å². The van der Waals surface area contributed by atoms with Crippen molar-refractivity contribution < 1.29 is 4.79 Å². The second-order valence-electron chi connectivity index (χ2n) is 6.90. The van der Waals surface area contributed by atoms with Crippen LogP contribution in [0.1, 0.15) is 19.3 Å². The molecule has 1 aromatic rings. The highest BCUT2D eigenvalue weighted by atomic mass is 32.2. The third-order valence-corrected chi connectivity index (χ3v) is 11.4. The van der Waals surface area contributed by atoms with E-state index in [1.54, 1.807) is 0 Å². The normalized spacial score (nSPS) is 33.9. The Kier molecular flexibility index (Phi) is 3.17. The molecule has 0 N–H and O–H groups in total. The molecule has 3 atom stereocenters. The minimum Gasteiger partial charge on any atom is -0.299 e. The number of ketones is 1. The van der Waals surface area contributed by atoms with Crippen molar-refractivity contribution in [3.8, 4) is 0 Å². The van der Waals surface area contributed by atoms with Crippen molar-refractivity contribution in [3.63, 3.8) is 0 Å². The zero-order chi connectivity index (χ0) is 13.7. The average Bonchev–Trinajstić information content (AvgIpc) is 3.01. The van der Waals surface area contributed by atoms with Gasteiger partial charge in [-0.25, -0.2) is 0 Å². The van der Waals surface area contributed by atoms with E-state index in [-0.39, 0.29) is 4.37 Å². The first kappa shape index (κ1) is 13.4. The van der Waals surface area contributed by atoms with Crippen molar-refractivity contribution in [3.05, 3.63) is 30.3 Å². The van der Waals surface area contributed by atoms with E-state index in [9.17, 15) is 4.79 Å². The lowest BCUT2D eigenvalue weighted by atomic mass is 10.00. The zero-order valence-corrected chi connectivity index (χ0v) is 13.8. The maximum Gasteiger partial charge on any atom is 0.137 e. The lowest BCUT2D eigenvalue weighted by Crippen LogP contribution is -2.41. The molecule has 1 nitrogen and oxygen atoms in total. The van der Waals surface area contributed by atoms with Gasteiger partial charge >= 0.3 is 0 Å². The fourth-order valence-electron chi connectivity index (χ4n) is 3.93. The monoisotopic (exact) mass is 290 g/mol. The predicted octanol–water partition coefficient (Wildman–Crippen LogP) is 4.39. The fourth-order valence-corrected chi connectivity index (χ4v) is 9.59. The van der Waals surface area contributed by atoms with Gasteiger partial charge in [-0.3, -0.25) is 4.79 Å². The molecule has 2 saturated carbocycles. The summed E-state index contributed by atoms with van der Waals surface area (Å²) in [6.07, 6.45) is 3.20. The largest absolute Gasteiger partial charge is 0.299 e. The van der Waals surface area contributed by atoms with Crippen LogP contribution in [0.5, 0.6) is 0 Å². The molecule has 0 heterocycles. The molecule has 0 aromatic heterocycles. The molecule has 2 fully saturated rings. The molecule has 2 aliphatic carbocycles. The Hall–Kier alpha value is -0.543. The second kappa shape index (κ2) is 4.49. The molecule has 3 heteroatoms. The van der Waals surface area contributed by atoms with Gasteiger partial charge in [0.25, 0.3) is 0 Å². The highest BCUT2D eigenvalue weighted by molar-refractivity contribution is 8.03. The molecule has 3 unspecified atom stereocenters. The second-order valence-corrected chi connectivity index (χ2v) is 13.9. The van der Waals surface area contributed by atoms with Gasteiger partial charge in [0.2, 0.25) is 0 Å². The van der Waals surface area contributed by atoms with Crippen molar-refractivity contribution in [1.29, 1.82) is 0 Å². The first-order valence-electron chi connectivity index (χ1n) is 7.23. The standard InChI is InChI=1S/C16H22OSSi/c1-19(2,3)16(18-12-8-5-4-6-9-12)13-10-7-11-14(17)15(13)16/h4-6,8-9,13,15H,7,10-11H2,1-3H3. The van der Waals surface area contributed by atoms with Crippen LogP contribution in [0.25, 0.3) is 0 Å². The summed E-state index contributed by atoms with van der Waals surface area (Å²) in [5.74, 6) is 1.56. The number of hydrogen-bond acceptors (Lipinski definition) is 2. The van der Waals surface area contributed by atoms with Crippen LogP contribution in [0.3, 0.4) is 0 Å². The molecule has 2 aliphatic rings. The van der Waals surface area contributed by atoms with Crippen LogP contribution in [0.4, 0.5) is 0 Å². The van der Waals surface area contributed by atoms with Gasteiger partial charge in [-0.1, -0.05) is 37.8 Å². The van der Waals surface area contributed by atoms with Crippen LogP contribution < -0.4 is 0 Å². The number of carbonyl (C=O) groups is 1. The Morgan fingerprint density at radius 1 is 1.21 bits per heavy atom. The number of carbonyl (C=O) groups excluding carboxylic acids is 1. The molecule has 0 spiro atoms. The van der Waals surface area contributed by atoms with Crippen molar-refractivity contribution in [2.45, 2.75) is 48.2 Å². The van der Waals surface area contributed by atoms with Crippen LogP contribution in [0.2, 0.25) is 19.6 Å². The average molecular weight is 291 g/mol. The minimum atomic E-state index is -1.38. The van der Waals surface area contributed by atoms with Gasteiger partial charge < -0.3 is 0 Å². The number of rotatable bonds is 3. The zero-order valence-electron chi connectivity index (χ0n) is 12.0. The minimum absolute atomic E-state index is 0.266. The molecule has 102 valence electrons.